The number of carboxylic acids is 1. The van der Waals surface area contributed by atoms with E-state index in [-0.39, 0.29) is 30.0 Å². The third-order valence-corrected chi connectivity index (χ3v) is 3.83. The van der Waals surface area contributed by atoms with E-state index in [4.69, 9.17) is 9.47 Å². The molecule has 2 aromatic carbocycles. The van der Waals surface area contributed by atoms with Gasteiger partial charge in [0.25, 0.3) is 0 Å². The average Bonchev–Trinajstić information content (AvgIpc) is 2.70. The van der Waals surface area contributed by atoms with E-state index in [1.54, 1.807) is 12.1 Å². The minimum atomic E-state index is -1.40. The van der Waals surface area contributed by atoms with Crippen molar-refractivity contribution in [2.45, 2.75) is 18.8 Å². The zero-order chi connectivity index (χ0) is 19.8. The van der Waals surface area contributed by atoms with Gasteiger partial charge in [0.15, 0.2) is 0 Å². The molecule has 27 heavy (non-hydrogen) atoms. The lowest BCUT2D eigenvalue weighted by Gasteiger charge is -2.19. The molecule has 0 aliphatic heterocycles. The van der Waals surface area contributed by atoms with E-state index < -0.39 is 24.3 Å². The van der Waals surface area contributed by atoms with Crippen LogP contribution in [0.4, 0.5) is 4.79 Å². The summed E-state index contributed by atoms with van der Waals surface area (Å²) in [4.78, 5) is 22.9. The van der Waals surface area contributed by atoms with Gasteiger partial charge in [-0.05, 0) is 23.3 Å². The van der Waals surface area contributed by atoms with Crippen molar-refractivity contribution < 1.29 is 34.4 Å². The first-order chi connectivity index (χ1) is 12.9. The van der Waals surface area contributed by atoms with E-state index in [0.717, 1.165) is 5.56 Å². The SMILES string of the molecule is COc1ccc(C(O)C(O)CNC(=O)OCc2ccccc2)cc1C(=O)O. The number of carbonyl (C=O) groups is 2. The minimum absolute atomic E-state index is 0.0752. The van der Waals surface area contributed by atoms with Gasteiger partial charge >= 0.3 is 12.1 Å². The van der Waals surface area contributed by atoms with E-state index in [1.807, 2.05) is 18.2 Å². The third-order valence-electron chi connectivity index (χ3n) is 3.83. The number of hydrogen-bond donors (Lipinski definition) is 4. The number of hydrogen-bond acceptors (Lipinski definition) is 6. The molecule has 1 amide bonds. The molecule has 144 valence electrons. The van der Waals surface area contributed by atoms with Crippen LogP contribution in [0.3, 0.4) is 0 Å². The summed E-state index contributed by atoms with van der Waals surface area (Å²) in [6.07, 6.45) is -3.50. The molecule has 8 heteroatoms. The fraction of sp³-hybridized carbons (Fsp3) is 0.263. The number of methoxy groups -OCH3 is 1. The maximum absolute atomic E-state index is 11.7. The van der Waals surface area contributed by atoms with Crippen molar-refractivity contribution in [3.05, 3.63) is 65.2 Å². The van der Waals surface area contributed by atoms with E-state index in [0.29, 0.717) is 0 Å². The first-order valence-corrected chi connectivity index (χ1v) is 8.14. The lowest BCUT2D eigenvalue weighted by Crippen LogP contribution is -2.35. The van der Waals surface area contributed by atoms with Gasteiger partial charge in [0.1, 0.15) is 30.1 Å². The van der Waals surface area contributed by atoms with Crippen LogP contribution in [0.15, 0.2) is 48.5 Å². The number of carboxylic acid groups (broad SMARTS) is 1. The summed E-state index contributed by atoms with van der Waals surface area (Å²) in [5.41, 5.74) is 0.851. The molecule has 0 saturated heterocycles. The quantitative estimate of drug-likeness (QED) is 0.553. The van der Waals surface area contributed by atoms with E-state index in [9.17, 15) is 24.9 Å². The fourth-order valence-corrected chi connectivity index (χ4v) is 2.37. The Hall–Kier alpha value is -3.10. The highest BCUT2D eigenvalue weighted by atomic mass is 16.5. The monoisotopic (exact) mass is 375 g/mol. The van der Waals surface area contributed by atoms with Crippen molar-refractivity contribution in [2.24, 2.45) is 0 Å². The molecule has 0 saturated carbocycles. The zero-order valence-corrected chi connectivity index (χ0v) is 14.7. The predicted molar refractivity (Wildman–Crippen MR) is 95.5 cm³/mol. The Morgan fingerprint density at radius 2 is 1.81 bits per heavy atom. The number of rotatable bonds is 8. The molecule has 0 aliphatic carbocycles. The number of nitrogens with one attached hydrogen (secondary N) is 1. The summed E-state index contributed by atoms with van der Waals surface area (Å²) in [6.45, 7) is -0.199. The molecular formula is C19H21NO7. The highest BCUT2D eigenvalue weighted by Crippen LogP contribution is 2.25. The maximum atomic E-state index is 11.7. The third kappa shape index (κ3) is 5.70. The normalized spacial score (nSPS) is 12.7. The van der Waals surface area contributed by atoms with Crippen LogP contribution in [0.2, 0.25) is 0 Å². The van der Waals surface area contributed by atoms with Crippen LogP contribution in [0.1, 0.15) is 27.6 Å². The molecular weight excluding hydrogens is 354 g/mol. The second-order valence-corrected chi connectivity index (χ2v) is 5.72. The molecule has 0 aromatic heterocycles. The number of ether oxygens (including phenoxy) is 2. The molecule has 0 aliphatic rings. The van der Waals surface area contributed by atoms with Gasteiger partial charge in [0.2, 0.25) is 0 Å². The van der Waals surface area contributed by atoms with Gasteiger partial charge in [0.05, 0.1) is 7.11 Å². The molecule has 0 radical (unpaired) electrons. The molecule has 8 nitrogen and oxygen atoms in total. The zero-order valence-electron chi connectivity index (χ0n) is 14.7. The topological polar surface area (TPSA) is 125 Å². The first-order valence-electron chi connectivity index (χ1n) is 8.14. The molecule has 0 spiro atoms. The molecule has 0 heterocycles. The molecule has 0 fully saturated rings. The van der Waals surface area contributed by atoms with Crippen LogP contribution in [0, 0.1) is 0 Å². The Balaban J connectivity index is 1.89. The summed E-state index contributed by atoms with van der Waals surface area (Å²) in [5, 5.41) is 31.8. The lowest BCUT2D eigenvalue weighted by molar-refractivity contribution is 0.0183. The van der Waals surface area contributed by atoms with Gasteiger partial charge in [-0.15, -0.1) is 0 Å². The van der Waals surface area contributed by atoms with Crippen molar-refractivity contribution in [3.63, 3.8) is 0 Å². The van der Waals surface area contributed by atoms with Gasteiger partial charge in [-0.2, -0.15) is 0 Å². The van der Waals surface area contributed by atoms with Gasteiger partial charge in [-0.3, -0.25) is 0 Å². The van der Waals surface area contributed by atoms with Crippen LogP contribution < -0.4 is 10.1 Å². The van der Waals surface area contributed by atoms with Crippen LogP contribution >= 0.6 is 0 Å². The molecule has 2 rings (SSSR count). The van der Waals surface area contributed by atoms with Crippen molar-refractivity contribution in [1.29, 1.82) is 0 Å². The van der Waals surface area contributed by atoms with Crippen molar-refractivity contribution in [1.82, 2.24) is 5.32 Å². The van der Waals surface area contributed by atoms with Crippen LogP contribution in [0.5, 0.6) is 5.75 Å². The van der Waals surface area contributed by atoms with Gasteiger partial charge in [0, 0.05) is 6.54 Å². The summed E-state index contributed by atoms with van der Waals surface area (Å²) in [6, 6.07) is 13.1. The summed E-state index contributed by atoms with van der Waals surface area (Å²) in [7, 11) is 1.33. The number of amides is 1. The number of aliphatic hydroxyl groups excluding tert-OH is 2. The highest BCUT2D eigenvalue weighted by molar-refractivity contribution is 5.91. The standard InChI is InChI=1S/C19H21NO7/c1-26-16-8-7-13(9-14(16)18(23)24)17(22)15(21)10-20-19(25)27-11-12-5-3-2-4-6-12/h2-9,15,17,21-22H,10-11H2,1H3,(H,20,25)(H,23,24). The Morgan fingerprint density at radius 1 is 1.11 bits per heavy atom. The second-order valence-electron chi connectivity index (χ2n) is 5.72. The molecule has 2 aromatic rings. The van der Waals surface area contributed by atoms with Gasteiger partial charge in [-0.25, -0.2) is 9.59 Å². The average molecular weight is 375 g/mol. The smallest absolute Gasteiger partial charge is 0.407 e. The number of alkyl carbamates (subject to hydrolysis) is 1. The number of aliphatic hydroxyl groups is 2. The van der Waals surface area contributed by atoms with E-state index in [1.165, 1.54) is 25.3 Å². The largest absolute Gasteiger partial charge is 0.496 e. The number of benzene rings is 2. The molecule has 4 N–H and O–H groups in total. The van der Waals surface area contributed by atoms with Crippen LogP contribution in [-0.4, -0.2) is 47.1 Å². The Morgan fingerprint density at radius 3 is 2.44 bits per heavy atom. The van der Waals surface area contributed by atoms with Crippen molar-refractivity contribution in [2.75, 3.05) is 13.7 Å². The maximum Gasteiger partial charge on any atom is 0.407 e. The summed E-state index contributed by atoms with van der Waals surface area (Å²) in [5.74, 6) is -1.09. The number of carbonyl (C=O) groups excluding carboxylic acids is 1. The second kappa shape index (κ2) is 9.56. The fourth-order valence-electron chi connectivity index (χ4n) is 2.37. The Kier molecular flexibility index (Phi) is 7.16. The van der Waals surface area contributed by atoms with Gasteiger partial charge < -0.3 is 30.1 Å². The van der Waals surface area contributed by atoms with Crippen LogP contribution in [0.25, 0.3) is 0 Å². The molecule has 0 bridgehead atoms. The molecule has 2 atom stereocenters. The lowest BCUT2D eigenvalue weighted by atomic mass is 10.0. The van der Waals surface area contributed by atoms with Gasteiger partial charge in [-0.1, -0.05) is 36.4 Å². The summed E-state index contributed by atoms with van der Waals surface area (Å²) < 4.78 is 9.95. The first kappa shape index (κ1) is 20.2. The minimum Gasteiger partial charge on any atom is -0.496 e. The number of aromatic carboxylic acids is 1. The highest BCUT2D eigenvalue weighted by Gasteiger charge is 2.22. The van der Waals surface area contributed by atoms with Crippen LogP contribution in [-0.2, 0) is 11.3 Å². The Labute approximate surface area is 156 Å². The molecule has 2 unspecified atom stereocenters. The van der Waals surface area contributed by atoms with Crippen molar-refractivity contribution in [3.8, 4) is 5.75 Å². The predicted octanol–water partition coefficient (Wildman–Crippen LogP) is 1.71. The Bertz CT molecular complexity index is 779. The van der Waals surface area contributed by atoms with E-state index in [2.05, 4.69) is 5.32 Å². The summed E-state index contributed by atoms with van der Waals surface area (Å²) >= 11 is 0. The van der Waals surface area contributed by atoms with E-state index >= 15 is 0 Å². The van der Waals surface area contributed by atoms with Crippen molar-refractivity contribution >= 4 is 12.1 Å².